The fourth-order valence-corrected chi connectivity index (χ4v) is 1.79. The van der Waals surface area contributed by atoms with E-state index in [0.29, 0.717) is 24.4 Å². The Morgan fingerprint density at radius 2 is 2.06 bits per heavy atom. The number of benzene rings is 1. The van der Waals surface area contributed by atoms with Crippen LogP contribution in [0.4, 0.5) is 0 Å². The number of phenolic OH excluding ortho intramolecular Hbond substituents is 2. The first-order valence-corrected chi connectivity index (χ1v) is 5.68. The monoisotopic (exact) mass is 249 g/mol. The van der Waals surface area contributed by atoms with E-state index in [1.807, 2.05) is 6.92 Å². The minimum absolute atomic E-state index is 0.0783. The summed E-state index contributed by atoms with van der Waals surface area (Å²) in [5.41, 5.74) is 0.491. The van der Waals surface area contributed by atoms with E-state index in [0.717, 1.165) is 0 Å². The standard InChI is InChI=1S/C12H15N3O3/c1-8(12-9(16)3-2-4-10(12)17)13-6-5-11-14-7-18-15-11/h2-4,7-8,13,16-17H,5-6H2,1H3. The smallest absolute Gasteiger partial charge is 0.213 e. The Labute approximate surface area is 104 Å². The summed E-state index contributed by atoms with van der Waals surface area (Å²) < 4.78 is 4.63. The third-order valence-electron chi connectivity index (χ3n) is 2.70. The molecule has 96 valence electrons. The Morgan fingerprint density at radius 3 is 2.67 bits per heavy atom. The van der Waals surface area contributed by atoms with E-state index in [1.165, 1.54) is 6.39 Å². The summed E-state index contributed by atoms with van der Waals surface area (Å²) in [4.78, 5) is 3.90. The number of nitrogens with one attached hydrogen (secondary N) is 1. The molecule has 6 heteroatoms. The molecule has 3 N–H and O–H groups in total. The first-order valence-electron chi connectivity index (χ1n) is 5.68. The molecule has 18 heavy (non-hydrogen) atoms. The molecule has 1 aromatic heterocycles. The van der Waals surface area contributed by atoms with Gasteiger partial charge in [-0.1, -0.05) is 11.2 Å². The quantitative estimate of drug-likeness (QED) is 0.741. The van der Waals surface area contributed by atoms with Crippen molar-refractivity contribution in [1.29, 1.82) is 0 Å². The summed E-state index contributed by atoms with van der Waals surface area (Å²) in [6, 6.07) is 4.53. The predicted octanol–water partition coefficient (Wildman–Crippen LogP) is 1.37. The van der Waals surface area contributed by atoms with E-state index < -0.39 is 0 Å². The summed E-state index contributed by atoms with van der Waals surface area (Å²) in [5.74, 6) is 0.778. The Balaban J connectivity index is 1.93. The van der Waals surface area contributed by atoms with Gasteiger partial charge in [0.05, 0.1) is 5.56 Å². The zero-order chi connectivity index (χ0) is 13.0. The molecule has 1 unspecified atom stereocenters. The topological polar surface area (TPSA) is 91.4 Å². The van der Waals surface area contributed by atoms with Crippen molar-refractivity contribution in [3.63, 3.8) is 0 Å². The van der Waals surface area contributed by atoms with E-state index in [-0.39, 0.29) is 17.5 Å². The summed E-state index contributed by atoms with van der Waals surface area (Å²) in [6.07, 6.45) is 1.91. The maximum atomic E-state index is 9.71. The van der Waals surface area contributed by atoms with Gasteiger partial charge in [0.2, 0.25) is 6.39 Å². The van der Waals surface area contributed by atoms with Crippen LogP contribution in [0.1, 0.15) is 24.4 Å². The van der Waals surface area contributed by atoms with Crippen molar-refractivity contribution >= 4 is 0 Å². The van der Waals surface area contributed by atoms with Gasteiger partial charge in [-0.15, -0.1) is 0 Å². The first kappa shape index (κ1) is 12.4. The second kappa shape index (κ2) is 5.50. The van der Waals surface area contributed by atoms with E-state index in [2.05, 4.69) is 20.0 Å². The van der Waals surface area contributed by atoms with Crippen molar-refractivity contribution in [1.82, 2.24) is 15.5 Å². The highest BCUT2D eigenvalue weighted by atomic mass is 16.5. The second-order valence-corrected chi connectivity index (χ2v) is 3.98. The molecule has 0 aliphatic heterocycles. The van der Waals surface area contributed by atoms with Crippen LogP contribution in [0.3, 0.4) is 0 Å². The highest BCUT2D eigenvalue weighted by Gasteiger charge is 2.14. The lowest BCUT2D eigenvalue weighted by Gasteiger charge is -2.16. The number of aromatic hydroxyl groups is 2. The SMILES string of the molecule is CC(NCCc1ncon1)c1c(O)cccc1O. The van der Waals surface area contributed by atoms with Gasteiger partial charge in [-0.2, -0.15) is 4.98 Å². The minimum Gasteiger partial charge on any atom is -0.507 e. The number of nitrogens with zero attached hydrogens (tertiary/aromatic N) is 2. The van der Waals surface area contributed by atoms with E-state index in [4.69, 9.17) is 0 Å². The summed E-state index contributed by atoms with van der Waals surface area (Å²) in [5, 5.41) is 26.3. The lowest BCUT2D eigenvalue weighted by atomic mass is 10.1. The number of rotatable bonds is 5. The van der Waals surface area contributed by atoms with E-state index in [9.17, 15) is 10.2 Å². The average Bonchev–Trinajstić information content (AvgIpc) is 2.82. The first-order chi connectivity index (χ1) is 8.68. The average molecular weight is 249 g/mol. The van der Waals surface area contributed by atoms with Gasteiger partial charge in [0.15, 0.2) is 5.82 Å². The van der Waals surface area contributed by atoms with Crippen molar-refractivity contribution in [3.8, 4) is 11.5 Å². The van der Waals surface area contributed by atoms with Crippen LogP contribution >= 0.6 is 0 Å². The van der Waals surface area contributed by atoms with Crippen LogP contribution < -0.4 is 5.32 Å². The highest BCUT2D eigenvalue weighted by molar-refractivity contribution is 5.44. The number of phenols is 2. The van der Waals surface area contributed by atoms with Gasteiger partial charge in [0.25, 0.3) is 0 Å². The molecule has 1 heterocycles. The van der Waals surface area contributed by atoms with Crippen LogP contribution in [-0.4, -0.2) is 26.9 Å². The summed E-state index contributed by atoms with van der Waals surface area (Å²) in [7, 11) is 0. The van der Waals surface area contributed by atoms with E-state index in [1.54, 1.807) is 18.2 Å². The molecule has 0 aliphatic rings. The van der Waals surface area contributed by atoms with Crippen molar-refractivity contribution in [2.45, 2.75) is 19.4 Å². The summed E-state index contributed by atoms with van der Waals surface area (Å²) >= 11 is 0. The fourth-order valence-electron chi connectivity index (χ4n) is 1.79. The molecular formula is C12H15N3O3. The zero-order valence-electron chi connectivity index (χ0n) is 10.00. The molecule has 0 saturated carbocycles. The van der Waals surface area contributed by atoms with Crippen LogP contribution in [0.25, 0.3) is 0 Å². The van der Waals surface area contributed by atoms with Crippen LogP contribution in [0.5, 0.6) is 11.5 Å². The van der Waals surface area contributed by atoms with Crippen LogP contribution in [0.15, 0.2) is 29.1 Å². The molecule has 0 aliphatic carbocycles. The van der Waals surface area contributed by atoms with Crippen LogP contribution in [-0.2, 0) is 6.42 Å². The highest BCUT2D eigenvalue weighted by Crippen LogP contribution is 2.31. The molecule has 0 bridgehead atoms. The Kier molecular flexibility index (Phi) is 3.78. The molecule has 6 nitrogen and oxygen atoms in total. The fraction of sp³-hybridized carbons (Fsp3) is 0.333. The molecule has 0 saturated heterocycles. The van der Waals surface area contributed by atoms with Gasteiger partial charge >= 0.3 is 0 Å². The van der Waals surface area contributed by atoms with Gasteiger partial charge in [-0.25, -0.2) is 0 Å². The Hall–Kier alpha value is -2.08. The Bertz CT molecular complexity index is 479. The second-order valence-electron chi connectivity index (χ2n) is 3.98. The van der Waals surface area contributed by atoms with Gasteiger partial charge in [-0.3, -0.25) is 0 Å². The van der Waals surface area contributed by atoms with E-state index >= 15 is 0 Å². The van der Waals surface area contributed by atoms with Gasteiger partial charge in [0, 0.05) is 19.0 Å². The van der Waals surface area contributed by atoms with Crippen LogP contribution in [0, 0.1) is 0 Å². The van der Waals surface area contributed by atoms with Crippen LogP contribution in [0.2, 0.25) is 0 Å². The molecule has 0 radical (unpaired) electrons. The minimum atomic E-state index is -0.168. The molecular weight excluding hydrogens is 234 g/mol. The molecule has 0 fully saturated rings. The molecule has 2 aromatic rings. The molecule has 0 amide bonds. The van der Waals surface area contributed by atoms with Gasteiger partial charge < -0.3 is 20.1 Å². The largest absolute Gasteiger partial charge is 0.507 e. The van der Waals surface area contributed by atoms with Crippen molar-refractivity contribution < 1.29 is 14.7 Å². The third-order valence-corrected chi connectivity index (χ3v) is 2.70. The third kappa shape index (κ3) is 2.78. The molecule has 2 rings (SSSR count). The number of hydrogen-bond donors (Lipinski definition) is 3. The molecule has 1 aromatic carbocycles. The lowest BCUT2D eigenvalue weighted by molar-refractivity contribution is 0.405. The number of aromatic nitrogens is 2. The lowest BCUT2D eigenvalue weighted by Crippen LogP contribution is -2.21. The number of hydrogen-bond acceptors (Lipinski definition) is 6. The van der Waals surface area contributed by atoms with Gasteiger partial charge in [0.1, 0.15) is 11.5 Å². The maximum Gasteiger partial charge on any atom is 0.213 e. The van der Waals surface area contributed by atoms with Crippen molar-refractivity contribution in [2.75, 3.05) is 6.54 Å². The normalized spacial score (nSPS) is 12.5. The predicted molar refractivity (Wildman–Crippen MR) is 64.2 cm³/mol. The maximum absolute atomic E-state index is 9.71. The zero-order valence-corrected chi connectivity index (χ0v) is 10.00. The van der Waals surface area contributed by atoms with Crippen molar-refractivity contribution in [3.05, 3.63) is 36.0 Å². The summed E-state index contributed by atoms with van der Waals surface area (Å²) in [6.45, 7) is 2.49. The molecule has 0 spiro atoms. The Morgan fingerprint density at radius 1 is 1.33 bits per heavy atom. The molecule has 1 atom stereocenters. The van der Waals surface area contributed by atoms with Crippen molar-refractivity contribution in [2.24, 2.45) is 0 Å². The van der Waals surface area contributed by atoms with Gasteiger partial charge in [-0.05, 0) is 19.1 Å².